The molecule has 2 saturated heterocycles. The summed E-state index contributed by atoms with van der Waals surface area (Å²) in [6.07, 6.45) is 43.6. The zero-order chi connectivity index (χ0) is 90.9. The minimum Gasteiger partial charge on any atom is -0.476 e. The number of carbonyl (C=O) groups is 6. The van der Waals surface area contributed by atoms with Crippen LogP contribution in [0.3, 0.4) is 0 Å². The summed E-state index contributed by atoms with van der Waals surface area (Å²) in [5.41, 5.74) is 21.9. The van der Waals surface area contributed by atoms with Gasteiger partial charge in [0.25, 0.3) is 0 Å². The number of ether oxygens (including phenoxy) is 6. The highest BCUT2D eigenvalue weighted by Gasteiger charge is 2.31. The first-order chi connectivity index (χ1) is 63.7. The number of aromatic nitrogens is 25. The number of fused-ring (bicyclic) bond motifs is 5. The van der Waals surface area contributed by atoms with E-state index >= 15 is 0 Å². The quantitative estimate of drug-likeness (QED) is 0.0223. The van der Waals surface area contributed by atoms with Crippen LogP contribution in [0, 0.1) is 0 Å². The fourth-order valence-electron chi connectivity index (χ4n) is 15.2. The number of carboxylic acid groups (broad SMARTS) is 1. The van der Waals surface area contributed by atoms with E-state index in [4.69, 9.17) is 50.4 Å². The molecule has 7 fully saturated rings. The smallest absolute Gasteiger partial charge is 0.360 e. The highest BCUT2D eigenvalue weighted by molar-refractivity contribution is 6.17. The number of pyridine rings is 5. The number of Topliss-reactive ketones (excluding diaryl/α,β-unsaturated/α-hetero) is 1. The average molecular weight is 1810 g/mol. The summed E-state index contributed by atoms with van der Waals surface area (Å²) >= 11 is 6.11. The van der Waals surface area contributed by atoms with Gasteiger partial charge in [0, 0.05) is 84.2 Å². The predicted molar refractivity (Wildman–Crippen MR) is 468 cm³/mol. The van der Waals surface area contributed by atoms with Gasteiger partial charge in [-0.05, 0) is 197 Å². The molecule has 15 aromatic rings. The van der Waals surface area contributed by atoms with Gasteiger partial charge in [-0.3, -0.25) is 4.79 Å². The van der Waals surface area contributed by atoms with Crippen LogP contribution in [-0.4, -0.2) is 226 Å². The number of aryl methyl sites for hydroxylation is 1. The summed E-state index contributed by atoms with van der Waals surface area (Å²) in [6.45, 7) is 14.4. The molecule has 0 atom stereocenters. The number of carbonyl (C=O) groups excluding carboxylic acids is 5. The van der Waals surface area contributed by atoms with Crippen molar-refractivity contribution in [2.24, 2.45) is 0 Å². The molecular formula is C90H98ClN25O15. The van der Waals surface area contributed by atoms with Gasteiger partial charge in [0.05, 0.1) is 151 Å². The third-order valence-corrected chi connectivity index (χ3v) is 22.8. The summed E-state index contributed by atoms with van der Waals surface area (Å²) in [5.74, 6) is 0.870. The van der Waals surface area contributed by atoms with Gasteiger partial charge in [0.1, 0.15) is 41.4 Å². The molecule has 15 aromatic heterocycles. The zero-order valence-corrected chi connectivity index (χ0v) is 73.7. The van der Waals surface area contributed by atoms with Crippen molar-refractivity contribution < 1.29 is 72.5 Å². The van der Waals surface area contributed by atoms with Crippen molar-refractivity contribution in [3.05, 3.63) is 241 Å². The van der Waals surface area contributed by atoms with Crippen LogP contribution in [0.15, 0.2) is 129 Å². The molecule has 3 N–H and O–H groups in total. The molecule has 7 aliphatic rings. The van der Waals surface area contributed by atoms with E-state index in [1.165, 1.54) is 114 Å². The Labute approximate surface area is 753 Å². The number of halogens is 1. The van der Waals surface area contributed by atoms with Crippen molar-refractivity contribution in [1.29, 1.82) is 0 Å². The van der Waals surface area contributed by atoms with Crippen molar-refractivity contribution in [2.45, 2.75) is 187 Å². The molecule has 131 heavy (non-hydrogen) atoms. The number of aliphatic hydroxyl groups excluding tert-OH is 2. The number of esters is 4. The van der Waals surface area contributed by atoms with Crippen LogP contribution >= 0.6 is 11.6 Å². The first kappa shape index (κ1) is 89.0. The molecule has 0 unspecified atom stereocenters. The van der Waals surface area contributed by atoms with Crippen LogP contribution in [0.5, 0.6) is 0 Å². The van der Waals surface area contributed by atoms with Crippen LogP contribution in [0.4, 0.5) is 0 Å². The number of rotatable bonds is 29. The topological polar surface area (TPSA) is 459 Å². The summed E-state index contributed by atoms with van der Waals surface area (Å²) in [4.78, 5) is 90.7. The highest BCUT2D eigenvalue weighted by Crippen LogP contribution is 2.45. The average Bonchev–Trinajstić information content (AvgIpc) is 1.65. The van der Waals surface area contributed by atoms with E-state index in [0.717, 1.165) is 79.7 Å². The van der Waals surface area contributed by atoms with E-state index in [1.807, 2.05) is 62.5 Å². The molecule has 0 radical (unpaired) electrons. The Kier molecular flexibility index (Phi) is 27.2. The number of ketones is 1. The first-order valence-corrected chi connectivity index (χ1v) is 44.4. The number of hydrogen-bond donors (Lipinski definition) is 3. The number of aliphatic hydroxyl groups is 2. The second-order valence-electron chi connectivity index (χ2n) is 32.9. The number of aromatic carboxylic acids is 1. The van der Waals surface area contributed by atoms with Crippen molar-refractivity contribution in [3.8, 4) is 0 Å². The maximum Gasteiger partial charge on any atom is 0.360 e. The molecule has 40 nitrogen and oxygen atoms in total. The Morgan fingerprint density at radius 1 is 0.374 bits per heavy atom. The van der Waals surface area contributed by atoms with Crippen LogP contribution < -0.4 is 0 Å². The van der Waals surface area contributed by atoms with Gasteiger partial charge in [-0.15, -0.1) is 37.1 Å². The van der Waals surface area contributed by atoms with Gasteiger partial charge in [-0.25, -0.2) is 72.3 Å². The second kappa shape index (κ2) is 40.0. The van der Waals surface area contributed by atoms with Gasteiger partial charge in [-0.2, -0.15) is 0 Å². The SMILES string of the molecule is CCOC(=O)c1cn(Cc2cn3cc(C4CC4)cc(C=C4COC4)c3n2)nn1.CCOC(=O)c1cn(Cc2cn3cc(C4CC4)cc(CC)c3n2)nn1.CCOC(=O)c1cn(Cc2cn3cc(C4CC4)cc(CCl)c3n2)nn1.CCOC(=O)c1cn(Cc2cn3cc(C4CC4)cc(CO)c3n2)nn1.O=C(O)c1cn(Cc2cn3cc(C4CC4)cc(CO)c3n2)nn1.O=C1COC1. The zero-order valence-electron chi connectivity index (χ0n) is 72.9. The van der Waals surface area contributed by atoms with Gasteiger partial charge in [0.15, 0.2) is 34.3 Å². The largest absolute Gasteiger partial charge is 0.476 e. The molecular weight excluding hydrogens is 1710 g/mol. The predicted octanol–water partition coefficient (Wildman–Crippen LogP) is 9.95. The Morgan fingerprint density at radius 2 is 0.641 bits per heavy atom. The van der Waals surface area contributed by atoms with Gasteiger partial charge in [-0.1, -0.05) is 39.1 Å². The highest BCUT2D eigenvalue weighted by atomic mass is 35.5. The van der Waals surface area contributed by atoms with Gasteiger partial charge in [0.2, 0.25) is 0 Å². The summed E-state index contributed by atoms with van der Waals surface area (Å²) in [6, 6.07) is 10.8. The van der Waals surface area contributed by atoms with Crippen molar-refractivity contribution >= 4 is 81.5 Å². The molecule has 41 heteroatoms. The molecule has 2 aliphatic heterocycles. The van der Waals surface area contributed by atoms with E-state index in [1.54, 1.807) is 71.2 Å². The second-order valence-corrected chi connectivity index (χ2v) is 33.2. The monoisotopic (exact) mass is 1800 g/mol. The van der Waals surface area contributed by atoms with E-state index in [2.05, 4.69) is 136 Å². The fourth-order valence-corrected chi connectivity index (χ4v) is 15.4. The van der Waals surface area contributed by atoms with E-state index in [0.29, 0.717) is 127 Å². The molecule has 5 saturated carbocycles. The van der Waals surface area contributed by atoms with E-state index in [9.17, 15) is 39.0 Å². The number of alkyl halides is 1. The Balaban J connectivity index is 0.000000113. The number of imidazole rings is 5. The lowest BCUT2D eigenvalue weighted by molar-refractivity contribution is -0.140. The number of carboxylic acids is 1. The van der Waals surface area contributed by atoms with Crippen LogP contribution in [0.2, 0.25) is 0 Å². The molecule has 0 spiro atoms. The molecule has 17 heterocycles. The maximum atomic E-state index is 11.8. The molecule has 680 valence electrons. The van der Waals surface area contributed by atoms with Crippen LogP contribution in [-0.2, 0) is 91.5 Å². The van der Waals surface area contributed by atoms with Crippen molar-refractivity contribution in [1.82, 2.24) is 122 Å². The van der Waals surface area contributed by atoms with E-state index in [-0.39, 0.29) is 47.5 Å². The minimum absolute atomic E-state index is 0.0448. The van der Waals surface area contributed by atoms with Crippen LogP contribution in [0.25, 0.3) is 34.3 Å². The van der Waals surface area contributed by atoms with Gasteiger partial charge >= 0.3 is 29.8 Å². The normalized spacial score (nSPS) is 15.0. The molecule has 5 aliphatic carbocycles. The first-order valence-electron chi connectivity index (χ1n) is 43.9. The number of nitrogens with zero attached hydrogens (tertiary/aromatic N) is 25. The van der Waals surface area contributed by atoms with Gasteiger partial charge < -0.3 is 65.7 Å². The third kappa shape index (κ3) is 22.0. The third-order valence-electron chi connectivity index (χ3n) is 22.5. The lowest BCUT2D eigenvalue weighted by Crippen LogP contribution is -2.26. The Hall–Kier alpha value is -14.0. The van der Waals surface area contributed by atoms with Crippen LogP contribution in [0.1, 0.15) is 265 Å². The lowest BCUT2D eigenvalue weighted by Gasteiger charge is -2.17. The standard InChI is InChI=1S/C20H21N5O3.C18H21N5O2.C17H18ClN5O2.C17H19N5O3.C15H15N5O3.C3H4O2/c1-2-28-20(26)18-10-25(23-22-18)9-17-8-24-7-16(14-3-4-14)6-15(19(24)21-17)5-13-11-27-12-13;1-3-12-7-14(13-5-6-13)8-22-9-15(19-17(12)22)10-23-11-16(20-21-23)18(24)25-4-2;1-2-25-17(24)15-10-23(21-20-15)9-14-8-22-7-13(11-3-4-11)5-12(6-18)16(22)19-14;1-2-25-17(24)15-9-22(20-19-15)8-14-7-21-6-12(11-3-4-11)5-13(10-23)16(21)18-14;21-8-11-3-10(9-1-2-9)4-19-5-12(16-14(11)19)6-20-7-13(15(22)23)17-18-20;4-3-1-5-2-3/h5-8,10,14H,2-4,9,11-12H2,1H3;7-9,11,13H,3-6,10H2,1-2H3;5,7-8,10-11H,2-4,6,9H2,1H3;5-7,9,11,23H,2-4,8,10H2,1H3;3-5,7,9,21H,1-2,6,8H2,(H,22,23);1-2H2. The molecule has 0 aromatic carbocycles. The fraction of sp³-hybridized carbons (Fsp3) is 0.411. The van der Waals surface area contributed by atoms with Crippen molar-refractivity contribution in [2.75, 3.05) is 52.9 Å². The summed E-state index contributed by atoms with van der Waals surface area (Å²) < 4.78 is 47.4. The molecule has 22 rings (SSSR count). The maximum absolute atomic E-state index is 11.8. The Bertz CT molecular complexity index is 6360. The number of hydrogen-bond acceptors (Lipinski definition) is 29. The Morgan fingerprint density at radius 3 is 0.901 bits per heavy atom. The molecule has 0 bridgehead atoms. The minimum atomic E-state index is -1.11. The van der Waals surface area contributed by atoms with Crippen molar-refractivity contribution in [3.63, 3.8) is 0 Å². The summed E-state index contributed by atoms with van der Waals surface area (Å²) in [7, 11) is 0. The lowest BCUT2D eigenvalue weighted by atomic mass is 10.1. The summed E-state index contributed by atoms with van der Waals surface area (Å²) in [5, 5.41) is 66.8. The van der Waals surface area contributed by atoms with E-state index < -0.39 is 29.8 Å². The molecule has 0 amide bonds.